The first-order valence-corrected chi connectivity index (χ1v) is 13.0. The molecule has 0 atom stereocenters. The van der Waals surface area contributed by atoms with Crippen LogP contribution in [-0.4, -0.2) is 42.0 Å². The highest BCUT2D eigenvalue weighted by Gasteiger charge is 2.46. The molecule has 0 saturated carbocycles. The molecule has 1 spiro atoms. The number of halogens is 5. The Morgan fingerprint density at radius 3 is 2.42 bits per heavy atom. The number of carbonyl (C=O) groups excluding carboxylic acids is 1. The van der Waals surface area contributed by atoms with E-state index in [1.807, 2.05) is 30.4 Å². The van der Waals surface area contributed by atoms with Gasteiger partial charge in [-0.25, -0.2) is 9.37 Å². The zero-order valence-electron chi connectivity index (χ0n) is 19.2. The van der Waals surface area contributed by atoms with Gasteiger partial charge in [-0.15, -0.1) is 0 Å². The van der Waals surface area contributed by atoms with Crippen molar-refractivity contribution in [2.45, 2.75) is 18.3 Å². The monoisotopic (exact) mass is 563 g/mol. The molecule has 1 amide bonds. The highest BCUT2D eigenvalue weighted by molar-refractivity contribution is 6.33. The van der Waals surface area contributed by atoms with Crippen molar-refractivity contribution in [3.8, 4) is 0 Å². The van der Waals surface area contributed by atoms with Gasteiger partial charge in [0.2, 0.25) is 0 Å². The molecule has 3 aromatic rings. The number of nitrogens with zero attached hydrogens (tertiary/aromatic N) is 3. The number of amides is 1. The minimum absolute atomic E-state index is 0.119. The molecule has 2 aliphatic rings. The van der Waals surface area contributed by atoms with Gasteiger partial charge in [-0.1, -0.05) is 64.6 Å². The Bertz CT molecular complexity index is 1330. The number of benzene rings is 2. The number of piperidine rings is 1. The fourth-order valence-corrected chi connectivity index (χ4v) is 5.86. The number of rotatable bonds is 4. The summed E-state index contributed by atoms with van der Waals surface area (Å²) in [5.74, 6) is -0.588. The molecule has 1 saturated heterocycles. The third-order valence-corrected chi connectivity index (χ3v) is 7.90. The molecule has 2 aliphatic heterocycles. The number of aromatic nitrogens is 1. The Morgan fingerprint density at radius 1 is 1.00 bits per heavy atom. The third kappa shape index (κ3) is 5.13. The topological polar surface area (TPSA) is 36.4 Å². The number of pyridine rings is 1. The van der Waals surface area contributed by atoms with Crippen molar-refractivity contribution in [1.82, 2.24) is 9.88 Å². The Labute approximate surface area is 229 Å². The number of hydrogen-bond acceptors (Lipinski definition) is 3. The number of likely N-dealkylation sites (tertiary alicyclic amines) is 1. The highest BCUT2D eigenvalue weighted by atomic mass is 35.5. The molecule has 186 valence electrons. The maximum absolute atomic E-state index is 13.7. The van der Waals surface area contributed by atoms with E-state index >= 15 is 0 Å². The van der Waals surface area contributed by atoms with Crippen LogP contribution in [0.5, 0.6) is 0 Å². The summed E-state index contributed by atoms with van der Waals surface area (Å²) >= 11 is 24.3. The molecule has 2 aromatic carbocycles. The van der Waals surface area contributed by atoms with Crippen LogP contribution in [0.25, 0.3) is 6.08 Å². The molecule has 0 aliphatic carbocycles. The molecule has 0 N–H and O–H groups in total. The van der Waals surface area contributed by atoms with Crippen molar-refractivity contribution in [3.05, 3.63) is 97.5 Å². The van der Waals surface area contributed by atoms with Gasteiger partial charge in [-0.3, -0.25) is 9.69 Å². The van der Waals surface area contributed by atoms with E-state index < -0.39 is 5.82 Å². The van der Waals surface area contributed by atoms with Crippen LogP contribution in [0.2, 0.25) is 20.4 Å². The van der Waals surface area contributed by atoms with Crippen LogP contribution in [0.3, 0.4) is 0 Å². The van der Waals surface area contributed by atoms with Gasteiger partial charge >= 0.3 is 0 Å². The maximum Gasteiger partial charge on any atom is 0.258 e. The lowest BCUT2D eigenvalue weighted by molar-refractivity contribution is 0.0977. The summed E-state index contributed by atoms with van der Waals surface area (Å²) in [7, 11) is 0. The molecule has 36 heavy (non-hydrogen) atoms. The number of carbonyl (C=O) groups is 1. The average Bonchev–Trinajstić information content (AvgIpc) is 3.14. The third-order valence-electron chi connectivity index (χ3n) is 6.97. The molecule has 4 nitrogen and oxygen atoms in total. The Hall–Kier alpha value is -2.15. The van der Waals surface area contributed by atoms with Crippen molar-refractivity contribution < 1.29 is 9.18 Å². The molecular formula is C27H22Cl4FN3O. The van der Waals surface area contributed by atoms with Crippen molar-refractivity contribution in [3.63, 3.8) is 0 Å². The van der Waals surface area contributed by atoms with Crippen LogP contribution in [0.15, 0.2) is 54.6 Å². The lowest BCUT2D eigenvalue weighted by Gasteiger charge is -2.39. The average molecular weight is 565 g/mol. The van der Waals surface area contributed by atoms with Crippen LogP contribution in [0.4, 0.5) is 10.1 Å². The SMILES string of the molecule is O=C(c1cc(Cl)nc(Cl)c1)N1CC2(CCN(CC=Cc3ccc(Cl)c(F)c3)CC2)c2cc(Cl)ccc21. The van der Waals surface area contributed by atoms with E-state index in [2.05, 4.69) is 9.88 Å². The zero-order chi connectivity index (χ0) is 25.4. The standard InChI is InChI=1S/C27H22Cl4FN3O/c28-19-4-6-23-20(15-19)27(16-35(23)26(36)18-13-24(30)33-25(31)14-18)7-10-34(11-8-27)9-1-2-17-3-5-21(29)22(32)12-17/h1-6,12-15H,7-11,16H2. The van der Waals surface area contributed by atoms with Crippen LogP contribution in [0, 0.1) is 5.82 Å². The molecule has 9 heteroatoms. The molecule has 3 heterocycles. The highest BCUT2D eigenvalue weighted by Crippen LogP contribution is 2.48. The lowest BCUT2D eigenvalue weighted by Crippen LogP contribution is -2.46. The zero-order valence-corrected chi connectivity index (χ0v) is 22.2. The second-order valence-corrected chi connectivity index (χ2v) is 10.8. The normalized spacial score (nSPS) is 17.2. The second kappa shape index (κ2) is 10.3. The summed E-state index contributed by atoms with van der Waals surface area (Å²) < 4.78 is 13.7. The molecular weight excluding hydrogens is 543 g/mol. The number of hydrogen-bond donors (Lipinski definition) is 0. The largest absolute Gasteiger partial charge is 0.307 e. The van der Waals surface area contributed by atoms with E-state index in [-0.39, 0.29) is 26.7 Å². The van der Waals surface area contributed by atoms with Gasteiger partial charge in [0.05, 0.1) is 5.02 Å². The predicted molar refractivity (Wildman–Crippen MR) is 145 cm³/mol. The van der Waals surface area contributed by atoms with E-state index in [4.69, 9.17) is 46.4 Å². The molecule has 5 rings (SSSR count). The van der Waals surface area contributed by atoms with E-state index in [9.17, 15) is 9.18 Å². The van der Waals surface area contributed by atoms with E-state index in [1.165, 1.54) is 18.2 Å². The predicted octanol–water partition coefficient (Wildman–Crippen LogP) is 7.54. The van der Waals surface area contributed by atoms with Crippen molar-refractivity contribution in [2.24, 2.45) is 0 Å². The molecule has 1 aromatic heterocycles. The van der Waals surface area contributed by atoms with Gasteiger partial charge < -0.3 is 4.90 Å². The Morgan fingerprint density at radius 2 is 1.72 bits per heavy atom. The number of anilines is 1. The molecule has 0 bridgehead atoms. The van der Waals surface area contributed by atoms with Gasteiger partial charge in [-0.2, -0.15) is 0 Å². The second-order valence-electron chi connectivity index (χ2n) is 9.21. The fraction of sp³-hybridized carbons (Fsp3) is 0.259. The van der Waals surface area contributed by atoms with Crippen LogP contribution < -0.4 is 4.90 Å². The van der Waals surface area contributed by atoms with Crippen molar-refractivity contribution in [2.75, 3.05) is 31.1 Å². The smallest absolute Gasteiger partial charge is 0.258 e. The maximum atomic E-state index is 13.7. The van der Waals surface area contributed by atoms with Gasteiger partial charge in [0.15, 0.2) is 0 Å². The summed E-state index contributed by atoms with van der Waals surface area (Å²) in [6, 6.07) is 13.6. The quantitative estimate of drug-likeness (QED) is 0.307. The fourth-order valence-electron chi connectivity index (χ4n) is 5.11. The molecule has 0 unspecified atom stereocenters. The number of fused-ring (bicyclic) bond motifs is 2. The van der Waals surface area contributed by atoms with Gasteiger partial charge in [0.25, 0.3) is 5.91 Å². The lowest BCUT2D eigenvalue weighted by atomic mass is 9.74. The first-order chi connectivity index (χ1) is 17.2. The Kier molecular flexibility index (Phi) is 7.30. The summed E-state index contributed by atoms with van der Waals surface area (Å²) in [4.78, 5) is 21.6. The Balaban J connectivity index is 1.32. The van der Waals surface area contributed by atoms with Crippen LogP contribution >= 0.6 is 46.4 Å². The minimum atomic E-state index is -0.423. The van der Waals surface area contributed by atoms with E-state index in [0.717, 1.165) is 49.3 Å². The van der Waals surface area contributed by atoms with E-state index in [0.29, 0.717) is 17.1 Å². The van der Waals surface area contributed by atoms with Crippen LogP contribution in [0.1, 0.15) is 34.3 Å². The summed E-state index contributed by atoms with van der Waals surface area (Å²) in [6.45, 7) is 3.03. The molecule has 1 fully saturated rings. The molecule has 0 radical (unpaired) electrons. The van der Waals surface area contributed by atoms with E-state index in [1.54, 1.807) is 17.0 Å². The summed E-state index contributed by atoms with van der Waals surface area (Å²) in [5, 5.41) is 1.13. The first-order valence-electron chi connectivity index (χ1n) is 11.5. The minimum Gasteiger partial charge on any atom is -0.307 e. The van der Waals surface area contributed by atoms with Crippen LogP contribution in [-0.2, 0) is 5.41 Å². The van der Waals surface area contributed by atoms with Gasteiger partial charge in [0, 0.05) is 34.8 Å². The van der Waals surface area contributed by atoms with Crippen molar-refractivity contribution >= 4 is 64.1 Å². The summed E-state index contributed by atoms with van der Waals surface area (Å²) in [5.41, 5.74) is 2.96. The first kappa shape index (κ1) is 25.5. The van der Waals surface area contributed by atoms with Gasteiger partial charge in [0.1, 0.15) is 16.1 Å². The summed E-state index contributed by atoms with van der Waals surface area (Å²) in [6.07, 6.45) is 5.70. The van der Waals surface area contributed by atoms with Crippen molar-refractivity contribution in [1.29, 1.82) is 0 Å². The van der Waals surface area contributed by atoms with Gasteiger partial charge in [-0.05, 0) is 79.5 Å².